The summed E-state index contributed by atoms with van der Waals surface area (Å²) in [6.07, 6.45) is 1.52. The molecular formula is C15H23N5O2S. The van der Waals surface area contributed by atoms with Crippen molar-refractivity contribution in [2.75, 3.05) is 13.6 Å². The Morgan fingerprint density at radius 2 is 2.17 bits per heavy atom. The first-order valence-corrected chi connectivity index (χ1v) is 8.42. The van der Waals surface area contributed by atoms with Crippen LogP contribution in [0.5, 0.6) is 0 Å². The molecular weight excluding hydrogens is 314 g/mol. The van der Waals surface area contributed by atoms with Crippen LogP contribution in [0.25, 0.3) is 0 Å². The maximum Gasteiger partial charge on any atom is 0.243 e. The van der Waals surface area contributed by atoms with E-state index in [1.165, 1.54) is 11.3 Å². The number of hydrogen-bond acceptors (Lipinski definition) is 5. The molecule has 2 unspecified atom stereocenters. The van der Waals surface area contributed by atoms with Crippen molar-refractivity contribution in [2.24, 2.45) is 5.73 Å². The lowest BCUT2D eigenvalue weighted by atomic mass is 10.2. The van der Waals surface area contributed by atoms with E-state index < -0.39 is 6.04 Å². The van der Waals surface area contributed by atoms with Gasteiger partial charge in [-0.3, -0.25) is 15.0 Å². The molecule has 0 saturated carbocycles. The van der Waals surface area contributed by atoms with Crippen molar-refractivity contribution in [3.05, 3.63) is 21.9 Å². The average Bonchev–Trinajstić information content (AvgIpc) is 3.11. The Hall–Kier alpha value is -1.93. The van der Waals surface area contributed by atoms with Gasteiger partial charge in [0.2, 0.25) is 11.8 Å². The number of nitrogen functional groups attached to an aromatic ring is 1. The molecule has 5 N–H and O–H groups in total. The number of amides is 2. The van der Waals surface area contributed by atoms with Crippen LogP contribution < -0.4 is 16.4 Å². The van der Waals surface area contributed by atoms with Gasteiger partial charge < -0.3 is 21.3 Å². The molecule has 1 aliphatic rings. The van der Waals surface area contributed by atoms with Crippen LogP contribution in [0.3, 0.4) is 0 Å². The second-order valence-corrected chi connectivity index (χ2v) is 6.84. The van der Waals surface area contributed by atoms with E-state index in [1.54, 1.807) is 18.0 Å². The van der Waals surface area contributed by atoms with E-state index in [1.807, 2.05) is 13.0 Å². The van der Waals surface area contributed by atoms with E-state index in [4.69, 9.17) is 11.1 Å². The van der Waals surface area contributed by atoms with Gasteiger partial charge in [0.1, 0.15) is 11.9 Å². The SMILES string of the molecule is CNCC(=O)N1C(C)CCC1C(=O)NCc1ccc(C(=N)N)s1. The molecule has 1 fully saturated rings. The van der Waals surface area contributed by atoms with Crippen LogP contribution in [0.4, 0.5) is 0 Å². The van der Waals surface area contributed by atoms with Gasteiger partial charge in [0.25, 0.3) is 0 Å². The molecule has 1 aromatic rings. The van der Waals surface area contributed by atoms with E-state index in [2.05, 4.69) is 10.6 Å². The monoisotopic (exact) mass is 337 g/mol. The number of carbonyl (C=O) groups is 2. The van der Waals surface area contributed by atoms with Gasteiger partial charge in [-0.25, -0.2) is 0 Å². The maximum absolute atomic E-state index is 12.4. The highest BCUT2D eigenvalue weighted by atomic mass is 32.1. The van der Waals surface area contributed by atoms with Gasteiger partial charge in [-0.05, 0) is 38.9 Å². The van der Waals surface area contributed by atoms with Crippen molar-refractivity contribution in [2.45, 2.75) is 38.4 Å². The van der Waals surface area contributed by atoms with Crippen molar-refractivity contribution in [3.8, 4) is 0 Å². The standard InChI is InChI=1S/C15H23N5O2S/c1-9-3-5-11(20(9)13(21)8-18-2)15(22)19-7-10-4-6-12(23-10)14(16)17/h4,6,9,11,18H,3,5,7-8H2,1-2H3,(H3,16,17)(H,19,22). The zero-order chi connectivity index (χ0) is 17.0. The topological polar surface area (TPSA) is 111 Å². The number of thiophene rings is 1. The minimum atomic E-state index is -0.405. The van der Waals surface area contributed by atoms with Gasteiger partial charge in [0.05, 0.1) is 18.0 Å². The maximum atomic E-state index is 12.4. The molecule has 0 radical (unpaired) electrons. The van der Waals surface area contributed by atoms with Crippen molar-refractivity contribution in [1.82, 2.24) is 15.5 Å². The Morgan fingerprint density at radius 1 is 1.43 bits per heavy atom. The van der Waals surface area contributed by atoms with Crippen LogP contribution in [0.2, 0.25) is 0 Å². The molecule has 8 heteroatoms. The number of carbonyl (C=O) groups excluding carboxylic acids is 2. The fourth-order valence-corrected chi connectivity index (χ4v) is 3.62. The third-order valence-corrected chi connectivity index (χ3v) is 5.07. The molecule has 0 bridgehead atoms. The molecule has 0 aromatic carbocycles. The number of nitrogens with two attached hydrogens (primary N) is 1. The van der Waals surface area contributed by atoms with E-state index in [9.17, 15) is 9.59 Å². The Labute approximate surface area is 139 Å². The highest BCUT2D eigenvalue weighted by molar-refractivity contribution is 7.14. The number of hydrogen-bond donors (Lipinski definition) is 4. The smallest absolute Gasteiger partial charge is 0.243 e. The third kappa shape index (κ3) is 4.08. The lowest BCUT2D eigenvalue weighted by Crippen LogP contribution is -2.50. The summed E-state index contributed by atoms with van der Waals surface area (Å²) in [5, 5.41) is 13.1. The molecule has 1 aromatic heterocycles. The molecule has 2 atom stereocenters. The minimum Gasteiger partial charge on any atom is -0.383 e. The highest BCUT2D eigenvalue weighted by Crippen LogP contribution is 2.24. The molecule has 0 spiro atoms. The predicted molar refractivity (Wildman–Crippen MR) is 90.4 cm³/mol. The van der Waals surface area contributed by atoms with Crippen molar-refractivity contribution >= 4 is 29.0 Å². The largest absolute Gasteiger partial charge is 0.383 e. The Kier molecular flexibility index (Phi) is 5.73. The molecule has 23 heavy (non-hydrogen) atoms. The first-order chi connectivity index (χ1) is 10.9. The summed E-state index contributed by atoms with van der Waals surface area (Å²) in [5.41, 5.74) is 5.43. The summed E-state index contributed by atoms with van der Waals surface area (Å²) in [6.45, 7) is 2.59. The summed E-state index contributed by atoms with van der Waals surface area (Å²) in [6, 6.07) is 3.30. The Morgan fingerprint density at radius 3 is 2.78 bits per heavy atom. The van der Waals surface area contributed by atoms with Crippen molar-refractivity contribution in [3.63, 3.8) is 0 Å². The van der Waals surface area contributed by atoms with Gasteiger partial charge in [-0.1, -0.05) is 0 Å². The lowest BCUT2D eigenvalue weighted by Gasteiger charge is -2.27. The van der Waals surface area contributed by atoms with Gasteiger partial charge in [-0.2, -0.15) is 0 Å². The molecule has 2 rings (SSSR count). The molecule has 2 amide bonds. The third-order valence-electron chi connectivity index (χ3n) is 3.95. The van der Waals surface area contributed by atoms with E-state index in [-0.39, 0.29) is 30.2 Å². The first-order valence-electron chi connectivity index (χ1n) is 7.60. The van der Waals surface area contributed by atoms with E-state index in [0.717, 1.165) is 11.3 Å². The number of likely N-dealkylation sites (N-methyl/N-ethyl adjacent to an activating group) is 1. The number of rotatable bonds is 6. The van der Waals surface area contributed by atoms with Crippen LogP contribution in [-0.4, -0.2) is 48.2 Å². The summed E-state index contributed by atoms with van der Waals surface area (Å²) in [5.74, 6) is -0.148. The summed E-state index contributed by atoms with van der Waals surface area (Å²) >= 11 is 1.39. The van der Waals surface area contributed by atoms with Crippen molar-refractivity contribution < 1.29 is 9.59 Å². The lowest BCUT2D eigenvalue weighted by molar-refractivity contribution is -0.139. The van der Waals surface area contributed by atoms with Gasteiger partial charge in [-0.15, -0.1) is 11.3 Å². The molecule has 1 saturated heterocycles. The number of nitrogens with one attached hydrogen (secondary N) is 3. The van der Waals surface area contributed by atoms with E-state index >= 15 is 0 Å². The van der Waals surface area contributed by atoms with Crippen LogP contribution >= 0.6 is 11.3 Å². The number of amidine groups is 1. The van der Waals surface area contributed by atoms with Crippen LogP contribution in [0, 0.1) is 5.41 Å². The van der Waals surface area contributed by atoms with Crippen molar-refractivity contribution in [1.29, 1.82) is 5.41 Å². The summed E-state index contributed by atoms with van der Waals surface area (Å²) < 4.78 is 0. The molecule has 7 nitrogen and oxygen atoms in total. The molecule has 126 valence electrons. The normalized spacial score (nSPS) is 20.5. The quantitative estimate of drug-likeness (QED) is 0.440. The van der Waals surface area contributed by atoms with Gasteiger partial charge in [0.15, 0.2) is 0 Å². The van der Waals surface area contributed by atoms with Crippen LogP contribution in [0.15, 0.2) is 12.1 Å². The average molecular weight is 337 g/mol. The molecule has 0 aliphatic carbocycles. The number of nitrogens with zero attached hydrogens (tertiary/aromatic N) is 1. The number of likely N-dealkylation sites (tertiary alicyclic amines) is 1. The fourth-order valence-electron chi connectivity index (χ4n) is 2.81. The van der Waals surface area contributed by atoms with E-state index in [0.29, 0.717) is 17.8 Å². The fraction of sp³-hybridized carbons (Fsp3) is 0.533. The predicted octanol–water partition coefficient (Wildman–Crippen LogP) is 0.247. The molecule has 1 aliphatic heterocycles. The zero-order valence-corrected chi connectivity index (χ0v) is 14.2. The highest BCUT2D eigenvalue weighted by Gasteiger charge is 2.38. The second-order valence-electron chi connectivity index (χ2n) is 5.67. The second kappa shape index (κ2) is 7.56. The molecule has 2 heterocycles. The Bertz CT molecular complexity index is 600. The van der Waals surface area contributed by atoms with Crippen LogP contribution in [-0.2, 0) is 16.1 Å². The summed E-state index contributed by atoms with van der Waals surface area (Å²) in [7, 11) is 1.72. The Balaban J connectivity index is 1.95. The first kappa shape index (κ1) is 17.4. The van der Waals surface area contributed by atoms with Gasteiger partial charge >= 0.3 is 0 Å². The minimum absolute atomic E-state index is 0.0287. The van der Waals surface area contributed by atoms with Crippen LogP contribution in [0.1, 0.15) is 29.5 Å². The summed E-state index contributed by atoms with van der Waals surface area (Å²) in [4.78, 5) is 27.9. The van der Waals surface area contributed by atoms with Gasteiger partial charge in [0, 0.05) is 10.9 Å². The zero-order valence-electron chi connectivity index (χ0n) is 13.4.